The van der Waals surface area contributed by atoms with E-state index >= 15 is 0 Å². The number of nitrogens with zero attached hydrogens (tertiary/aromatic N) is 1. The topological polar surface area (TPSA) is 87.7 Å². The van der Waals surface area contributed by atoms with E-state index in [9.17, 15) is 14.4 Å². The summed E-state index contributed by atoms with van der Waals surface area (Å²) in [5, 5.41) is 7.83. The summed E-state index contributed by atoms with van der Waals surface area (Å²) in [4.78, 5) is 42.3. The molecule has 7 nitrogen and oxygen atoms in total. The molecule has 7 heteroatoms. The van der Waals surface area contributed by atoms with Gasteiger partial charge in [0.15, 0.2) is 0 Å². The molecule has 0 aliphatic rings. The molecule has 2 unspecified atom stereocenters. The van der Waals surface area contributed by atoms with Gasteiger partial charge in [0.05, 0.1) is 0 Å². The molecule has 0 aliphatic carbocycles. The van der Waals surface area contributed by atoms with Crippen molar-refractivity contribution in [1.82, 2.24) is 10.2 Å². The van der Waals surface area contributed by atoms with Gasteiger partial charge in [0.2, 0.25) is 5.91 Å². The van der Waals surface area contributed by atoms with Crippen molar-refractivity contribution in [3.8, 4) is 0 Å². The predicted octanol–water partition coefficient (Wildman–Crippen LogP) is 6.73. The highest BCUT2D eigenvalue weighted by atomic mass is 16.6. The molecule has 0 bridgehead atoms. The van der Waals surface area contributed by atoms with E-state index in [1.54, 1.807) is 27.8 Å². The largest absolute Gasteiger partial charge is 0.444 e. The summed E-state index contributed by atoms with van der Waals surface area (Å²) in [5.41, 5.74) is 3.50. The Morgan fingerprint density at radius 1 is 0.810 bits per heavy atom. The van der Waals surface area contributed by atoms with E-state index in [1.807, 2.05) is 105 Å². The average molecular weight is 566 g/mol. The molecule has 2 atom stereocenters. The molecule has 0 aromatic heterocycles. The van der Waals surface area contributed by atoms with Gasteiger partial charge in [-0.3, -0.25) is 9.59 Å². The lowest BCUT2D eigenvalue weighted by Gasteiger charge is -2.32. The van der Waals surface area contributed by atoms with Crippen molar-refractivity contribution in [3.63, 3.8) is 0 Å². The number of carbonyl (C=O) groups excluding carboxylic acids is 3. The van der Waals surface area contributed by atoms with Crippen molar-refractivity contribution in [1.29, 1.82) is 0 Å². The second kappa shape index (κ2) is 12.9. The quantitative estimate of drug-likeness (QED) is 0.248. The molecule has 42 heavy (non-hydrogen) atoms. The normalized spacial score (nSPS) is 12.7. The Hall–Kier alpha value is -4.65. The third kappa shape index (κ3) is 7.75. The Morgan fingerprint density at radius 3 is 2.14 bits per heavy atom. The van der Waals surface area contributed by atoms with Crippen molar-refractivity contribution in [2.45, 2.75) is 58.7 Å². The number of benzene rings is 4. The smallest absolute Gasteiger partial charge is 0.408 e. The fourth-order valence-electron chi connectivity index (χ4n) is 4.84. The summed E-state index contributed by atoms with van der Waals surface area (Å²) in [7, 11) is 1.59. The number of fused-ring (bicyclic) bond motifs is 1. The first-order valence-electron chi connectivity index (χ1n) is 14.1. The molecular weight excluding hydrogens is 526 g/mol. The average Bonchev–Trinajstić information content (AvgIpc) is 2.93. The number of ether oxygens (including phenoxy) is 1. The number of amides is 3. The zero-order valence-corrected chi connectivity index (χ0v) is 25.1. The van der Waals surface area contributed by atoms with Gasteiger partial charge in [-0.25, -0.2) is 4.79 Å². The third-order valence-corrected chi connectivity index (χ3v) is 7.12. The van der Waals surface area contributed by atoms with E-state index in [0.29, 0.717) is 11.3 Å². The molecule has 0 spiro atoms. The van der Waals surface area contributed by atoms with Crippen molar-refractivity contribution < 1.29 is 19.1 Å². The number of hydrogen-bond donors (Lipinski definition) is 2. The zero-order chi connectivity index (χ0) is 30.4. The summed E-state index contributed by atoms with van der Waals surface area (Å²) in [6.07, 6.45) is -0.469. The van der Waals surface area contributed by atoms with E-state index in [1.165, 1.54) is 4.90 Å². The standard InChI is InChI=1S/C35H39N3O4/c1-23-16-17-28(20-24(23)2)31(32(39)36-29-19-18-26-14-10-11-15-27(26)22-29)38(6)33(40)30(21-25-12-8-7-9-13-25)37-34(41)42-35(3,4)5/h7-20,22,30-31H,21H2,1-6H3,(H,36,39)(H,37,41). The molecule has 0 heterocycles. The molecule has 0 aliphatic heterocycles. The maximum Gasteiger partial charge on any atom is 0.408 e. The first-order valence-corrected chi connectivity index (χ1v) is 14.1. The van der Waals surface area contributed by atoms with Gasteiger partial charge in [-0.2, -0.15) is 0 Å². The molecule has 4 aromatic rings. The van der Waals surface area contributed by atoms with Crippen LogP contribution in [0.4, 0.5) is 10.5 Å². The highest BCUT2D eigenvalue weighted by Crippen LogP contribution is 2.27. The Labute approximate surface area is 247 Å². The predicted molar refractivity (Wildman–Crippen MR) is 167 cm³/mol. The van der Waals surface area contributed by atoms with Crippen LogP contribution in [0.1, 0.15) is 49.1 Å². The monoisotopic (exact) mass is 565 g/mol. The third-order valence-electron chi connectivity index (χ3n) is 7.12. The Balaban J connectivity index is 1.67. The van der Waals surface area contributed by atoms with E-state index in [0.717, 1.165) is 27.5 Å². The summed E-state index contributed by atoms with van der Waals surface area (Å²) >= 11 is 0. The van der Waals surface area contributed by atoms with Crippen LogP contribution in [-0.2, 0) is 20.7 Å². The van der Waals surface area contributed by atoms with Gasteiger partial charge in [-0.15, -0.1) is 0 Å². The first kappa shape index (κ1) is 30.3. The highest BCUT2D eigenvalue weighted by Gasteiger charge is 2.34. The number of aryl methyl sites for hydroxylation is 2. The van der Waals surface area contributed by atoms with Gasteiger partial charge in [-0.1, -0.05) is 78.9 Å². The van der Waals surface area contributed by atoms with Gasteiger partial charge < -0.3 is 20.3 Å². The van der Waals surface area contributed by atoms with Crippen LogP contribution in [0.25, 0.3) is 10.8 Å². The number of nitrogens with one attached hydrogen (secondary N) is 2. The van der Waals surface area contributed by atoms with Gasteiger partial charge in [0.25, 0.3) is 5.91 Å². The fourth-order valence-corrected chi connectivity index (χ4v) is 4.84. The van der Waals surface area contributed by atoms with Crippen LogP contribution in [-0.4, -0.2) is 41.5 Å². The van der Waals surface area contributed by atoms with Crippen LogP contribution in [0.3, 0.4) is 0 Å². The lowest BCUT2D eigenvalue weighted by atomic mass is 9.98. The molecule has 0 fully saturated rings. The van der Waals surface area contributed by atoms with Gasteiger partial charge in [0.1, 0.15) is 17.7 Å². The number of alkyl carbamates (subject to hydrolysis) is 1. The maximum atomic E-state index is 14.1. The molecular formula is C35H39N3O4. The summed E-state index contributed by atoms with van der Waals surface area (Å²) < 4.78 is 5.47. The minimum Gasteiger partial charge on any atom is -0.444 e. The lowest BCUT2D eigenvalue weighted by molar-refractivity contribution is -0.139. The number of likely N-dealkylation sites (N-methyl/N-ethyl adjacent to an activating group) is 1. The van der Waals surface area contributed by atoms with Crippen molar-refractivity contribution in [3.05, 3.63) is 113 Å². The van der Waals surface area contributed by atoms with Gasteiger partial charge >= 0.3 is 6.09 Å². The van der Waals surface area contributed by atoms with Crippen LogP contribution in [0.15, 0.2) is 91.0 Å². The Kier molecular flexibility index (Phi) is 9.31. The highest BCUT2D eigenvalue weighted by molar-refractivity contribution is 6.00. The first-order chi connectivity index (χ1) is 19.9. The van der Waals surface area contributed by atoms with E-state index < -0.39 is 29.7 Å². The maximum absolute atomic E-state index is 14.1. The second-order valence-electron chi connectivity index (χ2n) is 11.6. The van der Waals surface area contributed by atoms with E-state index in [2.05, 4.69) is 10.6 Å². The number of carbonyl (C=O) groups is 3. The Morgan fingerprint density at radius 2 is 1.48 bits per heavy atom. The van der Waals surface area contributed by atoms with Crippen LogP contribution >= 0.6 is 0 Å². The lowest BCUT2D eigenvalue weighted by Crippen LogP contribution is -2.52. The zero-order valence-electron chi connectivity index (χ0n) is 25.1. The van der Waals surface area contributed by atoms with Gasteiger partial charge in [0, 0.05) is 19.2 Å². The van der Waals surface area contributed by atoms with Crippen molar-refractivity contribution in [2.75, 3.05) is 12.4 Å². The minimum absolute atomic E-state index is 0.231. The van der Waals surface area contributed by atoms with E-state index in [4.69, 9.17) is 4.74 Å². The van der Waals surface area contributed by atoms with Crippen LogP contribution < -0.4 is 10.6 Å². The van der Waals surface area contributed by atoms with Crippen LogP contribution in [0, 0.1) is 13.8 Å². The summed E-state index contributed by atoms with van der Waals surface area (Å²) in [6.45, 7) is 9.26. The molecule has 3 amide bonds. The van der Waals surface area contributed by atoms with Crippen molar-refractivity contribution >= 4 is 34.4 Å². The molecule has 4 aromatic carbocycles. The van der Waals surface area contributed by atoms with Crippen molar-refractivity contribution in [2.24, 2.45) is 0 Å². The summed E-state index contributed by atoms with van der Waals surface area (Å²) in [5.74, 6) is -0.776. The second-order valence-corrected chi connectivity index (χ2v) is 11.6. The fraction of sp³-hybridized carbons (Fsp3) is 0.286. The summed E-state index contributed by atoms with van der Waals surface area (Å²) in [6, 6.07) is 26.9. The van der Waals surface area contributed by atoms with E-state index in [-0.39, 0.29) is 12.3 Å². The molecule has 2 N–H and O–H groups in total. The minimum atomic E-state index is -0.963. The molecule has 4 rings (SSSR count). The van der Waals surface area contributed by atoms with Crippen LogP contribution in [0.2, 0.25) is 0 Å². The number of hydrogen-bond acceptors (Lipinski definition) is 4. The molecule has 218 valence electrons. The number of anilines is 1. The number of rotatable bonds is 8. The Bertz CT molecular complexity index is 1580. The molecule has 0 saturated carbocycles. The van der Waals surface area contributed by atoms with Crippen LogP contribution in [0.5, 0.6) is 0 Å². The SMILES string of the molecule is Cc1ccc(C(C(=O)Nc2ccc3ccccc3c2)N(C)C(=O)C(Cc2ccccc2)NC(=O)OC(C)(C)C)cc1C. The molecule has 0 saturated heterocycles. The molecule has 0 radical (unpaired) electrons. The van der Waals surface area contributed by atoms with Gasteiger partial charge in [-0.05, 0) is 79.8 Å².